The number of benzene rings is 3. The molecule has 34 heavy (non-hydrogen) atoms. The van der Waals surface area contributed by atoms with Gasteiger partial charge in [0.05, 0.1) is 12.7 Å². The number of nitrogens with zero attached hydrogens (tertiary/aromatic N) is 1. The van der Waals surface area contributed by atoms with E-state index in [0.29, 0.717) is 11.5 Å². The summed E-state index contributed by atoms with van der Waals surface area (Å²) in [6.45, 7) is 0. The topological polar surface area (TPSA) is 52.3 Å². The first-order chi connectivity index (χ1) is 16.7. The van der Waals surface area contributed by atoms with Crippen molar-refractivity contribution in [2.75, 3.05) is 7.11 Å². The van der Waals surface area contributed by atoms with E-state index in [1.54, 1.807) is 6.07 Å². The zero-order valence-electron chi connectivity index (χ0n) is 19.2. The number of aromatic nitrogens is 1. The van der Waals surface area contributed by atoms with Gasteiger partial charge in [-0.15, -0.1) is 0 Å². The average Bonchev–Trinajstić information content (AvgIpc) is 3.35. The Morgan fingerprint density at radius 3 is 2.44 bits per heavy atom. The van der Waals surface area contributed by atoms with Crippen LogP contribution in [0.3, 0.4) is 0 Å². The summed E-state index contributed by atoms with van der Waals surface area (Å²) in [5.74, 6) is 1.44. The van der Waals surface area contributed by atoms with E-state index < -0.39 is 0 Å². The Labute approximate surface area is 199 Å². The van der Waals surface area contributed by atoms with Crippen molar-refractivity contribution in [3.05, 3.63) is 108 Å². The number of rotatable bonds is 6. The fourth-order valence-electron chi connectivity index (χ4n) is 4.67. The van der Waals surface area contributed by atoms with E-state index in [9.17, 15) is 4.79 Å². The second kappa shape index (κ2) is 9.92. The molecule has 1 atom stereocenters. The molecule has 3 aromatic carbocycles. The van der Waals surface area contributed by atoms with Gasteiger partial charge < -0.3 is 9.15 Å². The summed E-state index contributed by atoms with van der Waals surface area (Å²) >= 11 is 0. The monoisotopic (exact) mass is 449 g/mol. The predicted molar refractivity (Wildman–Crippen MR) is 134 cm³/mol. The number of ether oxygens (including phenoxy) is 1. The van der Waals surface area contributed by atoms with E-state index in [2.05, 4.69) is 36.4 Å². The van der Waals surface area contributed by atoms with Crippen molar-refractivity contribution in [1.29, 1.82) is 0 Å². The molecular weight excluding hydrogens is 422 g/mol. The summed E-state index contributed by atoms with van der Waals surface area (Å²) in [6, 6.07) is 28.1. The second-order valence-corrected chi connectivity index (χ2v) is 8.61. The molecule has 1 unspecified atom stereocenters. The molecule has 4 nitrogen and oxygen atoms in total. The molecule has 0 bridgehead atoms. The highest BCUT2D eigenvalue weighted by Crippen LogP contribution is 2.40. The maximum Gasteiger partial charge on any atom is 0.337 e. The van der Waals surface area contributed by atoms with Gasteiger partial charge in [-0.1, -0.05) is 78.9 Å². The Hall–Kier alpha value is -3.92. The highest BCUT2D eigenvalue weighted by molar-refractivity contribution is 5.89. The van der Waals surface area contributed by atoms with Gasteiger partial charge in [0.25, 0.3) is 0 Å². The number of carbonyl (C=O) groups is 1. The smallest absolute Gasteiger partial charge is 0.337 e. The summed E-state index contributed by atoms with van der Waals surface area (Å²) in [7, 11) is 1.41. The lowest BCUT2D eigenvalue weighted by molar-refractivity contribution is 0.0600. The van der Waals surface area contributed by atoms with E-state index >= 15 is 0 Å². The molecule has 170 valence electrons. The lowest BCUT2D eigenvalue weighted by atomic mass is 9.83. The van der Waals surface area contributed by atoms with Gasteiger partial charge in [0, 0.05) is 16.7 Å². The van der Waals surface area contributed by atoms with Crippen LogP contribution in [0.25, 0.3) is 28.2 Å². The minimum atomic E-state index is -0.311. The molecule has 1 aromatic heterocycles. The van der Waals surface area contributed by atoms with Gasteiger partial charge in [-0.05, 0) is 49.3 Å². The average molecular weight is 450 g/mol. The normalized spacial score (nSPS) is 15.6. The van der Waals surface area contributed by atoms with Crippen LogP contribution >= 0.6 is 0 Å². The summed E-state index contributed by atoms with van der Waals surface area (Å²) in [5, 5.41) is 0. The van der Waals surface area contributed by atoms with Gasteiger partial charge in [-0.2, -0.15) is 0 Å². The van der Waals surface area contributed by atoms with Crippen molar-refractivity contribution in [2.45, 2.75) is 25.7 Å². The first-order valence-electron chi connectivity index (χ1n) is 11.7. The molecule has 5 rings (SSSR count). The number of esters is 1. The van der Waals surface area contributed by atoms with Crippen LogP contribution in [0, 0.1) is 5.92 Å². The molecule has 4 aromatic rings. The quantitative estimate of drug-likeness (QED) is 0.292. The van der Waals surface area contributed by atoms with Crippen molar-refractivity contribution in [3.63, 3.8) is 0 Å². The van der Waals surface area contributed by atoms with Gasteiger partial charge in [0.15, 0.2) is 5.76 Å². The number of hydrogen-bond donors (Lipinski definition) is 0. The number of methoxy groups -OCH3 is 1. The number of oxazole rings is 1. The molecule has 0 amide bonds. The standard InChI is InChI=1S/C30H27NO3/c1-33-30(32)25-17-10-11-21(20-25)19-24-16-8-9-18-26(24)29-31-27(22-12-4-2-5-13-22)28(34-29)23-14-6-3-7-15-23/h2-7,10-15,17-18,20,24H,8-9,16,19H2,1H3. The minimum absolute atomic E-state index is 0.271. The molecule has 0 radical (unpaired) electrons. The van der Waals surface area contributed by atoms with E-state index in [4.69, 9.17) is 14.1 Å². The summed E-state index contributed by atoms with van der Waals surface area (Å²) < 4.78 is 11.4. The fraction of sp³-hybridized carbons (Fsp3) is 0.200. The summed E-state index contributed by atoms with van der Waals surface area (Å²) in [4.78, 5) is 17.0. The molecule has 0 aliphatic heterocycles. The summed E-state index contributed by atoms with van der Waals surface area (Å²) in [5.41, 5.74) is 5.75. The fourth-order valence-corrected chi connectivity index (χ4v) is 4.67. The molecule has 0 fully saturated rings. The Morgan fingerprint density at radius 1 is 0.971 bits per heavy atom. The molecule has 4 heteroatoms. The van der Waals surface area contributed by atoms with Crippen LogP contribution in [0.2, 0.25) is 0 Å². The van der Waals surface area contributed by atoms with Gasteiger partial charge in [0.1, 0.15) is 5.69 Å². The highest BCUT2D eigenvalue weighted by atomic mass is 16.5. The minimum Gasteiger partial charge on any atom is -0.465 e. The van der Waals surface area contributed by atoms with Crippen LogP contribution < -0.4 is 0 Å². The maximum atomic E-state index is 12.0. The molecule has 0 spiro atoms. The largest absolute Gasteiger partial charge is 0.465 e. The van der Waals surface area contributed by atoms with Gasteiger partial charge >= 0.3 is 5.97 Å². The van der Waals surface area contributed by atoms with Crippen LogP contribution in [-0.2, 0) is 11.2 Å². The zero-order chi connectivity index (χ0) is 23.3. The number of hydrogen-bond acceptors (Lipinski definition) is 4. The molecule has 1 heterocycles. The van der Waals surface area contributed by atoms with E-state index in [-0.39, 0.29) is 11.9 Å². The lowest BCUT2D eigenvalue weighted by Gasteiger charge is -2.22. The van der Waals surface area contributed by atoms with Gasteiger partial charge in [-0.25, -0.2) is 9.78 Å². The second-order valence-electron chi connectivity index (χ2n) is 8.61. The van der Waals surface area contributed by atoms with Gasteiger partial charge in [0.2, 0.25) is 5.89 Å². The van der Waals surface area contributed by atoms with E-state index in [1.807, 2.05) is 48.5 Å². The Kier molecular flexibility index (Phi) is 6.39. The first kappa shape index (κ1) is 21.9. The van der Waals surface area contributed by atoms with Crippen molar-refractivity contribution in [2.24, 2.45) is 5.92 Å². The van der Waals surface area contributed by atoms with E-state index in [0.717, 1.165) is 59.4 Å². The van der Waals surface area contributed by atoms with Gasteiger partial charge in [-0.3, -0.25) is 0 Å². The van der Waals surface area contributed by atoms with Crippen molar-refractivity contribution < 1.29 is 13.9 Å². The zero-order valence-corrected chi connectivity index (χ0v) is 19.2. The van der Waals surface area contributed by atoms with Crippen LogP contribution in [0.15, 0.2) is 95.4 Å². The lowest BCUT2D eigenvalue weighted by Crippen LogP contribution is -2.12. The third kappa shape index (κ3) is 4.58. The molecule has 1 aliphatic rings. The van der Waals surface area contributed by atoms with Crippen molar-refractivity contribution in [1.82, 2.24) is 4.98 Å². The molecule has 0 N–H and O–H groups in total. The molecule has 0 saturated carbocycles. The molecule has 0 saturated heterocycles. The van der Waals surface area contributed by atoms with E-state index in [1.165, 1.54) is 7.11 Å². The third-order valence-corrected chi connectivity index (χ3v) is 6.35. The Balaban J connectivity index is 1.51. The first-order valence-corrected chi connectivity index (χ1v) is 11.7. The highest BCUT2D eigenvalue weighted by Gasteiger charge is 2.26. The molecule has 1 aliphatic carbocycles. The van der Waals surface area contributed by atoms with Crippen molar-refractivity contribution in [3.8, 4) is 22.6 Å². The summed E-state index contributed by atoms with van der Waals surface area (Å²) in [6.07, 6.45) is 6.28. The van der Waals surface area contributed by atoms with Crippen LogP contribution in [0.4, 0.5) is 0 Å². The Morgan fingerprint density at radius 2 is 1.71 bits per heavy atom. The Bertz CT molecular complexity index is 1250. The molecular formula is C30H27NO3. The predicted octanol–water partition coefficient (Wildman–Crippen LogP) is 7.22. The number of allylic oxidation sites excluding steroid dienone is 2. The number of carbonyl (C=O) groups excluding carboxylic acids is 1. The van der Waals surface area contributed by atoms with Crippen LogP contribution in [0.5, 0.6) is 0 Å². The van der Waals surface area contributed by atoms with Crippen molar-refractivity contribution >= 4 is 11.5 Å². The SMILES string of the molecule is COC(=O)c1cccc(CC2CCCC=C2c2nc(-c3ccccc3)c(-c3ccccc3)o2)c1. The van der Waals surface area contributed by atoms with Crippen LogP contribution in [-0.4, -0.2) is 18.1 Å². The third-order valence-electron chi connectivity index (χ3n) is 6.35. The van der Waals surface area contributed by atoms with Crippen LogP contribution in [0.1, 0.15) is 41.1 Å². The maximum absolute atomic E-state index is 12.0.